The Bertz CT molecular complexity index is 950. The van der Waals surface area contributed by atoms with Gasteiger partial charge in [-0.05, 0) is 24.5 Å². The van der Waals surface area contributed by atoms with E-state index in [-0.39, 0.29) is 18.9 Å². The minimum Gasteiger partial charge on any atom is -0.456 e. The quantitative estimate of drug-likeness (QED) is 0.564. The number of nitrogens with zero attached hydrogens (tertiary/aromatic N) is 1. The lowest BCUT2D eigenvalue weighted by molar-refractivity contribution is -0.148. The molecule has 1 amide bonds. The van der Waals surface area contributed by atoms with Crippen LogP contribution < -0.4 is 5.32 Å². The van der Waals surface area contributed by atoms with Crippen molar-refractivity contribution in [3.63, 3.8) is 0 Å². The van der Waals surface area contributed by atoms with Gasteiger partial charge in [0.05, 0.1) is 12.6 Å². The third-order valence-corrected chi connectivity index (χ3v) is 4.50. The zero-order valence-electron chi connectivity index (χ0n) is 16.4. The summed E-state index contributed by atoms with van der Waals surface area (Å²) >= 11 is 0. The van der Waals surface area contributed by atoms with Crippen LogP contribution in [-0.4, -0.2) is 30.0 Å². The SMILES string of the molecule is Cc1ccccc1CCNC(=O)COC(=O)CCc1ncc(-c2ccccc2)o1. The molecule has 0 saturated carbocycles. The molecule has 0 aliphatic heterocycles. The first-order valence-electron chi connectivity index (χ1n) is 9.59. The van der Waals surface area contributed by atoms with Crippen molar-refractivity contribution in [2.24, 2.45) is 0 Å². The molecule has 0 saturated heterocycles. The number of nitrogens with one attached hydrogen (secondary N) is 1. The number of hydrogen-bond donors (Lipinski definition) is 1. The van der Waals surface area contributed by atoms with Crippen molar-refractivity contribution >= 4 is 11.9 Å². The molecule has 6 nitrogen and oxygen atoms in total. The third kappa shape index (κ3) is 6.31. The summed E-state index contributed by atoms with van der Waals surface area (Å²) < 4.78 is 10.7. The van der Waals surface area contributed by atoms with Crippen molar-refractivity contribution < 1.29 is 18.7 Å². The van der Waals surface area contributed by atoms with E-state index in [2.05, 4.69) is 10.3 Å². The van der Waals surface area contributed by atoms with Crippen molar-refractivity contribution in [1.82, 2.24) is 10.3 Å². The fraction of sp³-hybridized carbons (Fsp3) is 0.261. The highest BCUT2D eigenvalue weighted by Gasteiger charge is 2.11. The molecule has 0 aliphatic rings. The largest absolute Gasteiger partial charge is 0.456 e. The zero-order valence-corrected chi connectivity index (χ0v) is 16.4. The van der Waals surface area contributed by atoms with E-state index in [1.807, 2.05) is 61.5 Å². The number of carbonyl (C=O) groups is 2. The number of hydrogen-bond acceptors (Lipinski definition) is 5. The Labute approximate surface area is 169 Å². The number of amides is 1. The number of ether oxygens (including phenoxy) is 1. The van der Waals surface area contributed by atoms with Gasteiger partial charge in [0.2, 0.25) is 0 Å². The lowest BCUT2D eigenvalue weighted by atomic mass is 10.1. The Hall–Kier alpha value is -3.41. The predicted octanol–water partition coefficient (Wildman–Crippen LogP) is 3.48. The van der Waals surface area contributed by atoms with Gasteiger partial charge in [-0.3, -0.25) is 9.59 Å². The van der Waals surface area contributed by atoms with Crippen molar-refractivity contribution in [2.45, 2.75) is 26.2 Å². The van der Waals surface area contributed by atoms with Crippen LogP contribution in [-0.2, 0) is 27.2 Å². The summed E-state index contributed by atoms with van der Waals surface area (Å²) in [6.45, 7) is 2.25. The smallest absolute Gasteiger partial charge is 0.306 e. The molecule has 29 heavy (non-hydrogen) atoms. The number of aryl methyl sites for hydroxylation is 2. The lowest BCUT2D eigenvalue weighted by Gasteiger charge is -2.08. The standard InChI is InChI=1S/C23H24N2O4/c1-17-7-5-6-8-18(17)13-14-24-21(26)16-28-23(27)12-11-22-25-15-20(29-22)19-9-3-2-4-10-19/h2-10,15H,11-14,16H2,1H3,(H,24,26). The highest BCUT2D eigenvalue weighted by molar-refractivity contribution is 5.80. The normalized spacial score (nSPS) is 10.5. The van der Waals surface area contributed by atoms with E-state index in [9.17, 15) is 9.59 Å². The van der Waals surface area contributed by atoms with Crippen LogP contribution in [0, 0.1) is 6.92 Å². The van der Waals surface area contributed by atoms with Gasteiger partial charge in [-0.2, -0.15) is 0 Å². The molecule has 150 valence electrons. The van der Waals surface area contributed by atoms with E-state index in [0.29, 0.717) is 24.6 Å². The summed E-state index contributed by atoms with van der Waals surface area (Å²) in [5, 5.41) is 2.76. The fourth-order valence-electron chi connectivity index (χ4n) is 2.87. The first-order valence-corrected chi connectivity index (χ1v) is 9.59. The van der Waals surface area contributed by atoms with Crippen molar-refractivity contribution in [1.29, 1.82) is 0 Å². The monoisotopic (exact) mass is 392 g/mol. The second-order valence-electron chi connectivity index (χ2n) is 6.67. The van der Waals surface area contributed by atoms with Crippen LogP contribution in [0.3, 0.4) is 0 Å². The molecule has 0 fully saturated rings. The molecule has 6 heteroatoms. The summed E-state index contributed by atoms with van der Waals surface area (Å²) in [6.07, 6.45) is 2.80. The summed E-state index contributed by atoms with van der Waals surface area (Å²) in [6, 6.07) is 17.6. The molecule has 0 spiro atoms. The van der Waals surface area contributed by atoms with E-state index < -0.39 is 5.97 Å². The van der Waals surface area contributed by atoms with E-state index in [4.69, 9.17) is 9.15 Å². The number of aromatic nitrogens is 1. The molecule has 0 bridgehead atoms. The molecule has 0 radical (unpaired) electrons. The molecule has 0 unspecified atom stereocenters. The highest BCUT2D eigenvalue weighted by atomic mass is 16.5. The van der Waals surface area contributed by atoms with Gasteiger partial charge < -0.3 is 14.5 Å². The van der Waals surface area contributed by atoms with Crippen LogP contribution in [0.25, 0.3) is 11.3 Å². The molecule has 1 aromatic heterocycles. The molecule has 3 aromatic rings. The first kappa shape index (κ1) is 20.3. The molecule has 2 aromatic carbocycles. The second-order valence-corrected chi connectivity index (χ2v) is 6.67. The number of esters is 1. The van der Waals surface area contributed by atoms with E-state index >= 15 is 0 Å². The van der Waals surface area contributed by atoms with Gasteiger partial charge >= 0.3 is 5.97 Å². The third-order valence-electron chi connectivity index (χ3n) is 4.50. The Morgan fingerprint density at radius 2 is 1.79 bits per heavy atom. The second kappa shape index (κ2) is 10.2. The minimum absolute atomic E-state index is 0.102. The Morgan fingerprint density at radius 3 is 2.59 bits per heavy atom. The zero-order chi connectivity index (χ0) is 20.5. The summed E-state index contributed by atoms with van der Waals surface area (Å²) in [7, 11) is 0. The maximum absolute atomic E-state index is 11.9. The van der Waals surface area contributed by atoms with Gasteiger partial charge in [-0.25, -0.2) is 4.98 Å². The Kier molecular flexibility index (Phi) is 7.16. The van der Waals surface area contributed by atoms with Crippen LogP contribution in [0.15, 0.2) is 65.2 Å². The van der Waals surface area contributed by atoms with Gasteiger partial charge in [-0.15, -0.1) is 0 Å². The van der Waals surface area contributed by atoms with Gasteiger partial charge in [0, 0.05) is 18.5 Å². The number of carbonyl (C=O) groups excluding carboxylic acids is 2. The number of rotatable bonds is 9. The minimum atomic E-state index is -0.460. The fourth-order valence-corrected chi connectivity index (χ4v) is 2.87. The van der Waals surface area contributed by atoms with E-state index in [1.54, 1.807) is 6.20 Å². The molecule has 0 aliphatic carbocycles. The van der Waals surface area contributed by atoms with Crippen molar-refractivity contribution in [2.75, 3.05) is 13.2 Å². The van der Waals surface area contributed by atoms with Gasteiger partial charge in [0.1, 0.15) is 0 Å². The number of benzene rings is 2. The molecule has 3 rings (SSSR count). The molecule has 1 N–H and O–H groups in total. The Balaban J connectivity index is 1.34. The summed E-state index contributed by atoms with van der Waals surface area (Å²) in [5.41, 5.74) is 3.30. The van der Waals surface area contributed by atoms with Crippen molar-refractivity contribution in [3.8, 4) is 11.3 Å². The van der Waals surface area contributed by atoms with Gasteiger partial charge in [0.15, 0.2) is 18.3 Å². The molecule has 1 heterocycles. The van der Waals surface area contributed by atoms with Gasteiger partial charge in [0.25, 0.3) is 5.91 Å². The van der Waals surface area contributed by atoms with Crippen molar-refractivity contribution in [3.05, 3.63) is 77.8 Å². The molecular weight excluding hydrogens is 368 g/mol. The molecule has 0 atom stereocenters. The maximum atomic E-state index is 11.9. The average molecular weight is 392 g/mol. The van der Waals surface area contributed by atoms with E-state index in [0.717, 1.165) is 12.0 Å². The first-order chi connectivity index (χ1) is 14.1. The lowest BCUT2D eigenvalue weighted by Crippen LogP contribution is -2.30. The average Bonchev–Trinajstić information content (AvgIpc) is 3.22. The topological polar surface area (TPSA) is 81.4 Å². The van der Waals surface area contributed by atoms with Crippen LogP contribution in [0.1, 0.15) is 23.4 Å². The molecular formula is C23H24N2O4. The summed E-state index contributed by atoms with van der Waals surface area (Å²) in [4.78, 5) is 27.9. The van der Waals surface area contributed by atoms with Crippen LogP contribution in [0.2, 0.25) is 0 Å². The van der Waals surface area contributed by atoms with Gasteiger partial charge in [-0.1, -0.05) is 54.6 Å². The van der Waals surface area contributed by atoms with E-state index in [1.165, 1.54) is 11.1 Å². The van der Waals surface area contributed by atoms with Crippen LogP contribution in [0.4, 0.5) is 0 Å². The number of oxazole rings is 1. The maximum Gasteiger partial charge on any atom is 0.306 e. The predicted molar refractivity (Wildman–Crippen MR) is 109 cm³/mol. The summed E-state index contributed by atoms with van der Waals surface area (Å²) in [5.74, 6) is 0.346. The Morgan fingerprint density at radius 1 is 1.03 bits per heavy atom. The highest BCUT2D eigenvalue weighted by Crippen LogP contribution is 2.20. The van der Waals surface area contributed by atoms with Crippen LogP contribution >= 0.6 is 0 Å². The van der Waals surface area contributed by atoms with Crippen LogP contribution in [0.5, 0.6) is 0 Å².